The molecule has 6 rings (SSSR count). The van der Waals surface area contributed by atoms with Crippen LogP contribution in [0.4, 0.5) is 10.0 Å². The Kier molecular flexibility index (Phi) is 11.4. The van der Waals surface area contributed by atoms with Gasteiger partial charge in [0.05, 0.1) is 0 Å². The van der Waals surface area contributed by atoms with Gasteiger partial charge in [-0.05, 0) is 101 Å². The molecule has 7 nitrogen and oxygen atoms in total. The largest absolute Gasteiger partial charge is 0.386 e. The maximum Gasteiger partial charge on any atom is 0.349 e. The van der Waals surface area contributed by atoms with Crippen molar-refractivity contribution < 1.29 is 23.9 Å². The number of nitrogens with one attached hydrogen (secondary N) is 2. The number of halogens is 5. The third kappa shape index (κ3) is 8.15. The summed E-state index contributed by atoms with van der Waals surface area (Å²) in [6.07, 6.45) is 0. The van der Waals surface area contributed by atoms with E-state index < -0.39 is 23.8 Å². The first-order valence-corrected chi connectivity index (χ1v) is 19.1. The molecule has 0 radical (unpaired) electrons. The number of carbonyl (C=O) groups is 4. The summed E-state index contributed by atoms with van der Waals surface area (Å²) in [5.74, 6) is -3.03. The molecule has 2 aromatic heterocycles. The van der Waals surface area contributed by atoms with Crippen molar-refractivity contribution in [3.8, 4) is 22.3 Å². The minimum atomic E-state index is -1.04. The minimum absolute atomic E-state index is 0.0289. The van der Waals surface area contributed by atoms with Gasteiger partial charge in [0.2, 0.25) is 0 Å². The van der Waals surface area contributed by atoms with Crippen molar-refractivity contribution >= 4 is 130 Å². The monoisotopic (exact) mass is 934 g/mol. The van der Waals surface area contributed by atoms with Gasteiger partial charge in [-0.3, -0.25) is 9.59 Å². The molecule has 2 N–H and O–H groups in total. The Morgan fingerprint density at radius 3 is 1.68 bits per heavy atom. The zero-order valence-electron chi connectivity index (χ0n) is 25.1. The van der Waals surface area contributed by atoms with Gasteiger partial charge in [-0.2, -0.15) is 0 Å². The fourth-order valence-electron chi connectivity index (χ4n) is 4.79. The Hall–Kier alpha value is -3.56. The number of benzene rings is 4. The van der Waals surface area contributed by atoms with E-state index in [4.69, 9.17) is 39.5 Å². The van der Waals surface area contributed by atoms with E-state index in [1.807, 2.05) is 0 Å². The van der Waals surface area contributed by atoms with E-state index in [1.165, 1.54) is 6.07 Å². The summed E-state index contributed by atoms with van der Waals surface area (Å²) in [6.45, 7) is 0. The lowest BCUT2D eigenvalue weighted by atomic mass is 10.0. The van der Waals surface area contributed by atoms with E-state index in [2.05, 4.69) is 49.2 Å². The smallest absolute Gasteiger partial charge is 0.349 e. The van der Waals surface area contributed by atoms with Gasteiger partial charge in [-0.25, -0.2) is 9.59 Å². The van der Waals surface area contributed by atoms with Crippen molar-refractivity contribution in [3.63, 3.8) is 0 Å². The first-order chi connectivity index (χ1) is 24.0. The average molecular weight is 937 g/mol. The molecular formula is C36H19BrCl3IN2O5S2. The van der Waals surface area contributed by atoms with Crippen LogP contribution in [0, 0.1) is 3.57 Å². The lowest BCUT2D eigenvalue weighted by Gasteiger charge is -2.12. The van der Waals surface area contributed by atoms with E-state index in [9.17, 15) is 19.2 Å². The molecule has 0 saturated heterocycles. The first-order valence-electron chi connectivity index (χ1n) is 14.3. The summed E-state index contributed by atoms with van der Waals surface area (Å²) in [6, 6.07) is 25.1. The fourth-order valence-corrected chi connectivity index (χ4v) is 7.95. The quantitative estimate of drug-likeness (QED) is 0.0899. The van der Waals surface area contributed by atoms with E-state index in [-0.39, 0.29) is 26.2 Å². The molecular weight excluding hydrogens is 918 g/mol. The van der Waals surface area contributed by atoms with Crippen LogP contribution < -0.4 is 10.6 Å². The summed E-state index contributed by atoms with van der Waals surface area (Å²) in [7, 11) is 0. The summed E-state index contributed by atoms with van der Waals surface area (Å²) >= 11 is 26.4. The Morgan fingerprint density at radius 1 is 0.620 bits per heavy atom. The number of esters is 2. The second-order valence-corrected chi connectivity index (χ2v) is 15.6. The van der Waals surface area contributed by atoms with Crippen LogP contribution in [0.1, 0.15) is 41.4 Å². The molecule has 2 amide bonds. The molecule has 4 aromatic carbocycles. The van der Waals surface area contributed by atoms with Gasteiger partial charge in [0, 0.05) is 61.7 Å². The van der Waals surface area contributed by atoms with E-state index in [0.717, 1.165) is 30.7 Å². The molecule has 0 unspecified atom stereocenters. The highest BCUT2D eigenvalue weighted by Crippen LogP contribution is 2.42. The number of carbonyl (C=O) groups excluding carboxylic acids is 4. The molecule has 0 spiro atoms. The molecule has 50 heavy (non-hydrogen) atoms. The molecule has 0 saturated carbocycles. The van der Waals surface area contributed by atoms with Crippen molar-refractivity contribution in [1.82, 2.24) is 0 Å². The SMILES string of the molecule is O=C(Nc1scc(-c2ccc(Br)cc2)c1C(=O)OC(=O)c1c(-c2ccc(Cl)cc2Cl)csc1NC(=O)c1ccc(I)cc1)c1ccc(Cl)cc1. The number of anilines is 2. The van der Waals surface area contributed by atoms with Gasteiger partial charge in [0.15, 0.2) is 0 Å². The zero-order valence-corrected chi connectivity index (χ0v) is 32.7. The van der Waals surface area contributed by atoms with Crippen molar-refractivity contribution in [1.29, 1.82) is 0 Å². The van der Waals surface area contributed by atoms with Crippen molar-refractivity contribution in [2.75, 3.05) is 10.6 Å². The topological polar surface area (TPSA) is 102 Å². The normalized spacial score (nSPS) is 10.8. The van der Waals surface area contributed by atoms with Crippen molar-refractivity contribution in [2.45, 2.75) is 0 Å². The van der Waals surface area contributed by atoms with Crippen LogP contribution in [-0.2, 0) is 4.74 Å². The van der Waals surface area contributed by atoms with Crippen LogP contribution in [0.15, 0.2) is 106 Å². The summed E-state index contributed by atoms with van der Waals surface area (Å²) in [4.78, 5) is 54.6. The van der Waals surface area contributed by atoms with E-state index in [0.29, 0.717) is 43.4 Å². The van der Waals surface area contributed by atoms with E-state index >= 15 is 0 Å². The Morgan fingerprint density at radius 2 is 1.12 bits per heavy atom. The van der Waals surface area contributed by atoms with Crippen LogP contribution in [0.5, 0.6) is 0 Å². The number of hydrogen-bond acceptors (Lipinski definition) is 7. The molecule has 0 fully saturated rings. The third-order valence-electron chi connectivity index (χ3n) is 7.22. The predicted octanol–water partition coefficient (Wildman–Crippen LogP) is 12.0. The van der Waals surface area contributed by atoms with Crippen LogP contribution in [0.3, 0.4) is 0 Å². The molecule has 6 aromatic rings. The van der Waals surface area contributed by atoms with Gasteiger partial charge in [-0.1, -0.05) is 68.9 Å². The molecule has 2 heterocycles. The second-order valence-electron chi connectivity index (χ2n) is 10.4. The van der Waals surface area contributed by atoms with Crippen LogP contribution in [-0.4, -0.2) is 23.8 Å². The first kappa shape index (κ1) is 36.2. The van der Waals surface area contributed by atoms with Crippen LogP contribution in [0.25, 0.3) is 22.3 Å². The Balaban J connectivity index is 1.38. The summed E-state index contributed by atoms with van der Waals surface area (Å²) < 4.78 is 7.33. The minimum Gasteiger partial charge on any atom is -0.386 e. The van der Waals surface area contributed by atoms with Gasteiger partial charge < -0.3 is 15.4 Å². The molecule has 250 valence electrons. The van der Waals surface area contributed by atoms with E-state index in [1.54, 1.807) is 95.7 Å². The number of amides is 2. The maximum atomic E-state index is 14.1. The zero-order chi connectivity index (χ0) is 35.5. The number of rotatable bonds is 8. The molecule has 0 atom stereocenters. The number of ether oxygens (including phenoxy) is 1. The number of thiophene rings is 2. The van der Waals surface area contributed by atoms with Crippen LogP contribution in [0.2, 0.25) is 15.1 Å². The summed E-state index contributed by atoms with van der Waals surface area (Å²) in [5, 5.41) is 10.3. The average Bonchev–Trinajstić information content (AvgIpc) is 3.70. The standard InChI is InChI=1S/C36H19BrCl3IN2O5S2/c37-21-7-1-18(2-8-21)26-16-49-33(42-31(44)19-3-9-22(38)10-4-19)29(26)35(46)48-36(47)30-27(25-14-11-23(39)15-28(25)40)17-50-34(30)43-32(45)20-5-12-24(41)13-6-20/h1-17H,(H,42,44)(H,43,45). The highest BCUT2D eigenvalue weighted by molar-refractivity contribution is 14.1. The predicted molar refractivity (Wildman–Crippen MR) is 213 cm³/mol. The van der Waals surface area contributed by atoms with Gasteiger partial charge in [-0.15, -0.1) is 22.7 Å². The highest BCUT2D eigenvalue weighted by atomic mass is 127. The molecule has 0 aliphatic rings. The Labute approximate surface area is 330 Å². The van der Waals surface area contributed by atoms with Crippen molar-refractivity contribution in [3.05, 3.63) is 147 Å². The maximum absolute atomic E-state index is 14.1. The molecule has 0 aliphatic heterocycles. The highest BCUT2D eigenvalue weighted by Gasteiger charge is 2.30. The van der Waals surface area contributed by atoms with Crippen LogP contribution >= 0.6 is 96.0 Å². The Bertz CT molecular complexity index is 2280. The second kappa shape index (κ2) is 15.8. The summed E-state index contributed by atoms with van der Waals surface area (Å²) in [5.41, 5.74) is 2.39. The lowest BCUT2D eigenvalue weighted by Crippen LogP contribution is -2.19. The van der Waals surface area contributed by atoms with Crippen molar-refractivity contribution in [2.24, 2.45) is 0 Å². The molecule has 0 bridgehead atoms. The van der Waals surface area contributed by atoms with Gasteiger partial charge in [0.25, 0.3) is 11.8 Å². The fraction of sp³-hybridized carbons (Fsp3) is 0. The molecule has 14 heteroatoms. The third-order valence-corrected chi connectivity index (χ3v) is 11.1. The lowest BCUT2D eigenvalue weighted by molar-refractivity contribution is 0.0401. The van der Waals surface area contributed by atoms with Gasteiger partial charge in [0.1, 0.15) is 21.1 Å². The number of hydrogen-bond donors (Lipinski definition) is 2. The van der Waals surface area contributed by atoms with Gasteiger partial charge >= 0.3 is 11.9 Å². The molecule has 0 aliphatic carbocycles.